The van der Waals surface area contributed by atoms with Gasteiger partial charge >= 0.3 is 53.9 Å². The molecule has 12 N–H and O–H groups in total. The van der Waals surface area contributed by atoms with Crippen molar-refractivity contribution in [1.82, 2.24) is 74.5 Å². The molecule has 6 aromatic carbocycles. The molecule has 6 aliphatic rings. The van der Waals surface area contributed by atoms with Gasteiger partial charge in [0.15, 0.2) is 88.5 Å². The van der Waals surface area contributed by atoms with E-state index in [4.69, 9.17) is 56.8 Å². The molecule has 0 radical (unpaired) electrons. The highest BCUT2D eigenvalue weighted by molar-refractivity contribution is 6.00. The van der Waals surface area contributed by atoms with Crippen LogP contribution in [0, 0.1) is 0 Å². The Bertz CT molecular complexity index is 6030. The SMILES string of the molecule is CCNC(=O)Nc1ncnc2c1ncn2C1OC(COCc2c(C(=O)O)cccc2C(=O)O)C2O[C@@H](c3ccccc3)OC21.CCNC(=O)Nc1ncnc2c1ncn2C1OC(COCc2c(C(=O)O)cccc2C(=O)O)C2O[C@H](/C=C/c3ccccc3)OC21.CCNC(=O)Nc1ncnc2c1ncn2C1OC(COCc2c(C(=O)O)cccc2C(=O)O)C2O[C@H](c3ccccc3)OC21. The summed E-state index contributed by atoms with van der Waals surface area (Å²) >= 11 is 0. The number of anilines is 3. The summed E-state index contributed by atoms with van der Waals surface area (Å²) in [5, 5.41) is 73.6. The van der Waals surface area contributed by atoms with E-state index in [0.29, 0.717) is 53.1 Å². The number of hydrogen-bond acceptors (Lipinski definition) is 30. The lowest BCUT2D eigenvalue weighted by Gasteiger charge is -2.21. The molecule has 6 aliphatic heterocycles. The summed E-state index contributed by atoms with van der Waals surface area (Å²) < 4.78 is 79.6. The number of aromatic nitrogens is 12. The number of fused-ring (bicyclic) bond motifs is 6. The molecule has 0 aliphatic carbocycles. The second-order valence-corrected chi connectivity index (χ2v) is 30.4. The molecule has 45 nitrogen and oxygen atoms in total. The van der Waals surface area contributed by atoms with Crippen LogP contribution in [-0.4, -0.2) is 244 Å². The number of hydrogen-bond donors (Lipinski definition) is 12. The van der Waals surface area contributed by atoms with Gasteiger partial charge in [-0.2, -0.15) is 0 Å². The van der Waals surface area contributed by atoms with Crippen LogP contribution in [-0.2, 0) is 76.7 Å². The number of carbonyl (C=O) groups is 9. The fourth-order valence-electron chi connectivity index (χ4n) is 16.1. The normalized spacial score (nSPS) is 22.4. The highest BCUT2D eigenvalue weighted by Crippen LogP contribution is 2.48. The van der Waals surface area contributed by atoms with Crippen LogP contribution in [0.15, 0.2) is 190 Å². The highest BCUT2D eigenvalue weighted by Gasteiger charge is 2.57. The summed E-state index contributed by atoms with van der Waals surface area (Å²) in [5.74, 6) is -6.96. The lowest BCUT2D eigenvalue weighted by Crippen LogP contribution is -2.32. The van der Waals surface area contributed by atoms with Crippen LogP contribution in [0.25, 0.3) is 39.6 Å². The van der Waals surface area contributed by atoms with Crippen molar-refractivity contribution in [2.45, 2.75) is 133 Å². The number of ether oxygens (including phenoxy) is 12. The van der Waals surface area contributed by atoms with E-state index < -0.39 is 146 Å². The van der Waals surface area contributed by atoms with Crippen molar-refractivity contribution in [2.75, 3.05) is 55.4 Å². The fourth-order valence-corrected chi connectivity index (χ4v) is 16.1. The quantitative estimate of drug-likeness (QED) is 0.0192. The van der Waals surface area contributed by atoms with E-state index in [1.165, 1.54) is 92.6 Å². The topological polar surface area (TPSA) is 589 Å². The van der Waals surface area contributed by atoms with Crippen molar-refractivity contribution in [2.24, 2.45) is 0 Å². The second kappa shape index (κ2) is 41.5. The Morgan fingerprint density at radius 2 is 0.627 bits per heavy atom. The maximum absolute atomic E-state index is 12.2. The molecule has 15 atom stereocenters. The number of urea groups is 3. The molecule has 134 heavy (non-hydrogen) atoms. The first kappa shape index (κ1) is 92.1. The predicted octanol–water partition coefficient (Wildman–Crippen LogP) is 9.22. The van der Waals surface area contributed by atoms with Gasteiger partial charge in [0.1, 0.15) is 73.9 Å². The molecule has 18 rings (SSSR count). The smallest absolute Gasteiger partial charge is 0.336 e. The second-order valence-electron chi connectivity index (χ2n) is 30.4. The van der Waals surface area contributed by atoms with Crippen molar-refractivity contribution in [1.29, 1.82) is 0 Å². The Morgan fingerprint density at radius 3 is 0.933 bits per heavy atom. The van der Waals surface area contributed by atoms with Crippen LogP contribution in [0.5, 0.6) is 0 Å². The molecule has 6 aromatic heterocycles. The third-order valence-corrected chi connectivity index (χ3v) is 22.1. The minimum atomic E-state index is -1.27. The van der Waals surface area contributed by atoms with E-state index in [2.05, 4.69) is 76.8 Å². The first-order chi connectivity index (χ1) is 65.0. The van der Waals surface area contributed by atoms with Gasteiger partial charge in [-0.05, 0) is 68.8 Å². The number of aromatic carboxylic acids is 6. The van der Waals surface area contributed by atoms with Crippen LogP contribution in [0.1, 0.15) is 148 Å². The lowest BCUT2D eigenvalue weighted by molar-refractivity contribution is -0.158. The van der Waals surface area contributed by atoms with Gasteiger partial charge in [-0.25, -0.2) is 88.0 Å². The molecule has 12 aromatic rings. The number of benzene rings is 6. The number of carbonyl (C=O) groups excluding carboxylic acids is 3. The van der Waals surface area contributed by atoms with Gasteiger partial charge < -0.3 is 103 Å². The van der Waals surface area contributed by atoms with Crippen molar-refractivity contribution < 1.29 is 131 Å². The van der Waals surface area contributed by atoms with Crippen molar-refractivity contribution in [3.63, 3.8) is 0 Å². The third-order valence-electron chi connectivity index (χ3n) is 22.1. The Morgan fingerprint density at radius 1 is 0.343 bits per heavy atom. The highest BCUT2D eigenvalue weighted by atomic mass is 16.8. The van der Waals surface area contributed by atoms with Crippen LogP contribution in [0.3, 0.4) is 0 Å². The zero-order valence-corrected chi connectivity index (χ0v) is 71.1. The minimum Gasteiger partial charge on any atom is -0.478 e. The van der Waals surface area contributed by atoms with Crippen LogP contribution >= 0.6 is 0 Å². The summed E-state index contributed by atoms with van der Waals surface area (Å²) in [4.78, 5) is 146. The van der Waals surface area contributed by atoms with Gasteiger partial charge in [-0.15, -0.1) is 0 Å². The molecule has 45 heteroatoms. The Labute approximate surface area is 757 Å². The van der Waals surface area contributed by atoms with Crippen LogP contribution in [0.4, 0.5) is 31.8 Å². The number of amides is 6. The average molecular weight is 1840 g/mol. The van der Waals surface area contributed by atoms with Gasteiger partial charge in [0.2, 0.25) is 0 Å². The van der Waals surface area contributed by atoms with Crippen molar-refractivity contribution in [3.8, 4) is 0 Å². The number of rotatable bonds is 31. The number of nitrogens with zero attached hydrogens (tertiary/aromatic N) is 12. The van der Waals surface area contributed by atoms with E-state index in [9.17, 15) is 73.8 Å². The standard InChI is InChI=1S/C31H30N6O9.2C29H28N6O9/c1-2-32-31(42)36-26-23-27(34-15-33-26)37(16-35-23)28-25-24(45-22(46-25)12-11-17-7-4-3-5-8-17)21(44-28)14-43-13-20-18(29(38)39)9-6-10-19(20)30(40)41;2*1-2-30-29(40)34-23-20-24(32-13-31-23)35(14-33-20)25-22-21(43-28(44-22)15-7-4-3-5-8-15)19(42-25)12-41-11-18-16(26(36)37)9-6-10-17(18)27(38)39/h3-12,15-16,21-22,24-25,28H,2,13-14H2,1H3,(H,38,39)(H,40,41)(H2,32,33,34,36,42);2*3-10,13-14,19,21-22,25,28H,2,11-12H2,1H3,(H,36,37)(H,38,39)(H2,30,31,32,34,40)/b12-11+;;/t21?,22-,24?,25?,28?;2*19?,21?,22?,25?,28-/m010/s1. The number of carboxylic acid groups (broad SMARTS) is 6. The minimum absolute atomic E-state index is 0.0327. The average Bonchev–Trinajstić information content (AvgIpc) is 1.59. The maximum atomic E-state index is 12.2. The molecule has 12 heterocycles. The van der Waals surface area contributed by atoms with Crippen molar-refractivity contribution in [3.05, 3.63) is 256 Å². The van der Waals surface area contributed by atoms with Gasteiger partial charge in [-0.3, -0.25) is 29.7 Å². The molecule has 6 fully saturated rings. The summed E-state index contributed by atoms with van der Waals surface area (Å²) in [6.07, 6.45) is 1.72. The summed E-state index contributed by atoms with van der Waals surface area (Å²) in [7, 11) is 0. The Hall–Kier alpha value is -15.1. The van der Waals surface area contributed by atoms with E-state index in [-0.39, 0.29) is 107 Å². The predicted molar refractivity (Wildman–Crippen MR) is 463 cm³/mol. The molecule has 12 unspecified atom stereocenters. The Balaban J connectivity index is 0.000000146. The molecule has 694 valence electrons. The van der Waals surface area contributed by atoms with E-state index in [1.54, 1.807) is 40.5 Å². The molecule has 6 amide bonds. The molecular weight excluding hydrogens is 1750 g/mol. The third kappa shape index (κ3) is 20.0. The molecule has 0 saturated carbocycles. The zero-order valence-electron chi connectivity index (χ0n) is 71.1. The maximum Gasteiger partial charge on any atom is 0.336 e. The summed E-state index contributed by atoms with van der Waals surface area (Å²) in [6, 6.07) is 39.1. The first-order valence-corrected chi connectivity index (χ1v) is 41.9. The largest absolute Gasteiger partial charge is 0.478 e. The van der Waals surface area contributed by atoms with Gasteiger partial charge in [0.05, 0.1) is 92.0 Å². The van der Waals surface area contributed by atoms with Gasteiger partial charge in [-0.1, -0.05) is 115 Å². The first-order valence-electron chi connectivity index (χ1n) is 41.9. The Kier molecular flexibility index (Phi) is 28.6. The molecular formula is C89H86N18O27. The summed E-state index contributed by atoms with van der Waals surface area (Å²) in [5.41, 5.74) is 3.79. The summed E-state index contributed by atoms with van der Waals surface area (Å²) in [6.45, 7) is 5.58. The van der Waals surface area contributed by atoms with Gasteiger partial charge in [0, 0.05) is 47.5 Å². The monoisotopic (exact) mass is 1840 g/mol. The fraction of sp³-hybridized carbons (Fsp3) is 0.303. The zero-order chi connectivity index (χ0) is 93.8. The van der Waals surface area contributed by atoms with E-state index in [1.807, 2.05) is 97.1 Å². The molecule has 0 spiro atoms. The number of carboxylic acids is 6. The number of imidazole rings is 3. The van der Waals surface area contributed by atoms with Crippen LogP contribution in [0.2, 0.25) is 0 Å². The van der Waals surface area contributed by atoms with Gasteiger partial charge in [0.25, 0.3) is 0 Å². The molecule has 0 bridgehead atoms. The molecule has 6 saturated heterocycles. The number of nitrogens with one attached hydrogen (secondary N) is 6. The van der Waals surface area contributed by atoms with E-state index in [0.717, 1.165) is 16.7 Å². The van der Waals surface area contributed by atoms with Crippen LogP contribution < -0.4 is 31.9 Å². The van der Waals surface area contributed by atoms with E-state index >= 15 is 0 Å². The lowest BCUT2D eigenvalue weighted by atomic mass is 10.0. The van der Waals surface area contributed by atoms with Crippen molar-refractivity contribution >= 4 is 111 Å².